The van der Waals surface area contributed by atoms with Crippen LogP contribution in [0.5, 0.6) is 5.75 Å². The molecule has 0 unspecified atom stereocenters. The molecule has 7 nitrogen and oxygen atoms in total. The number of halogens is 1. The van der Waals surface area contributed by atoms with Crippen LogP contribution in [-0.4, -0.2) is 33.2 Å². The predicted molar refractivity (Wildman–Crippen MR) is 108 cm³/mol. The van der Waals surface area contributed by atoms with E-state index in [2.05, 4.69) is 26.8 Å². The lowest BCUT2D eigenvalue weighted by Gasteiger charge is -2.08. The molecule has 0 atom stereocenters. The highest BCUT2D eigenvalue weighted by atomic mass is 32.1. The number of thiophene rings is 1. The Bertz CT molecular complexity index is 1280. The van der Waals surface area contributed by atoms with Crippen LogP contribution in [0, 0.1) is 5.82 Å². The third-order valence-electron chi connectivity index (χ3n) is 4.15. The van der Waals surface area contributed by atoms with Crippen molar-refractivity contribution in [3.8, 4) is 11.4 Å². The maximum atomic E-state index is 14.1. The lowest BCUT2D eigenvalue weighted by molar-refractivity contribution is 0.386. The number of hydrogen-bond acceptors (Lipinski definition) is 7. The van der Waals surface area contributed by atoms with E-state index in [0.29, 0.717) is 38.5 Å². The Morgan fingerprint density at radius 2 is 2.18 bits per heavy atom. The Hall–Kier alpha value is -3.33. The smallest absolute Gasteiger partial charge is 0.275 e. The predicted octanol–water partition coefficient (Wildman–Crippen LogP) is 3.53. The van der Waals surface area contributed by atoms with E-state index in [1.165, 1.54) is 47.8 Å². The van der Waals surface area contributed by atoms with Crippen LogP contribution in [0.2, 0.25) is 0 Å². The van der Waals surface area contributed by atoms with Crippen LogP contribution in [0.25, 0.3) is 26.1 Å². The van der Waals surface area contributed by atoms with Crippen molar-refractivity contribution in [2.75, 3.05) is 19.0 Å². The highest BCUT2D eigenvalue weighted by molar-refractivity contribution is 7.25. The van der Waals surface area contributed by atoms with Gasteiger partial charge < -0.3 is 10.1 Å². The first-order valence-electron chi connectivity index (χ1n) is 8.36. The maximum Gasteiger partial charge on any atom is 0.275 e. The number of rotatable bonds is 5. The second-order valence-corrected chi connectivity index (χ2v) is 7.23. The van der Waals surface area contributed by atoms with Gasteiger partial charge in [-0.15, -0.1) is 11.3 Å². The first kappa shape index (κ1) is 18.1. The Labute approximate surface area is 163 Å². The van der Waals surface area contributed by atoms with Gasteiger partial charge in [0.25, 0.3) is 5.56 Å². The van der Waals surface area contributed by atoms with Crippen molar-refractivity contribution in [1.82, 2.24) is 19.5 Å². The first-order valence-corrected chi connectivity index (χ1v) is 9.18. The molecule has 0 saturated heterocycles. The fourth-order valence-electron chi connectivity index (χ4n) is 2.82. The molecular formula is C19H16FN5O2S. The quantitative estimate of drug-likeness (QED) is 0.519. The summed E-state index contributed by atoms with van der Waals surface area (Å²) in [6, 6.07) is 4.31. The van der Waals surface area contributed by atoms with Crippen LogP contribution in [0.4, 0.5) is 10.2 Å². The van der Waals surface area contributed by atoms with Crippen molar-refractivity contribution in [3.05, 3.63) is 59.2 Å². The Morgan fingerprint density at radius 3 is 2.89 bits per heavy atom. The van der Waals surface area contributed by atoms with Crippen molar-refractivity contribution < 1.29 is 9.13 Å². The standard InChI is InChI=1S/C19H16FN5O2S/c1-10(2)7-21-17-14-15-16(28-18(14)23-8-22-17)19(26)25(9-24-15)11-4-5-13(27-3)12(20)6-11/h4-6,8-9H,1,7H2,2-3H3,(H,21,22,23). The lowest BCUT2D eigenvalue weighted by Crippen LogP contribution is -2.18. The van der Waals surface area contributed by atoms with Crippen molar-refractivity contribution in [3.63, 3.8) is 0 Å². The third kappa shape index (κ3) is 2.99. The topological polar surface area (TPSA) is 81.9 Å². The molecule has 1 aromatic carbocycles. The number of hydrogen-bond donors (Lipinski definition) is 1. The molecule has 0 amide bonds. The summed E-state index contributed by atoms with van der Waals surface area (Å²) < 4.78 is 20.7. The molecule has 4 aromatic rings. The minimum atomic E-state index is -0.555. The molecule has 0 aliphatic heterocycles. The van der Waals surface area contributed by atoms with E-state index in [1.807, 2.05) is 6.92 Å². The molecule has 3 heterocycles. The molecule has 1 N–H and O–H groups in total. The molecule has 4 rings (SSSR count). The molecule has 9 heteroatoms. The first-order chi connectivity index (χ1) is 13.5. The summed E-state index contributed by atoms with van der Waals surface area (Å²) in [5.74, 6) is 0.149. The van der Waals surface area contributed by atoms with Gasteiger partial charge in [-0.2, -0.15) is 0 Å². The zero-order chi connectivity index (χ0) is 19.8. The highest BCUT2D eigenvalue weighted by Crippen LogP contribution is 2.33. The summed E-state index contributed by atoms with van der Waals surface area (Å²) in [5, 5.41) is 3.88. The largest absolute Gasteiger partial charge is 0.494 e. The minimum Gasteiger partial charge on any atom is -0.494 e. The molecule has 0 spiro atoms. The van der Waals surface area contributed by atoms with Gasteiger partial charge in [0.15, 0.2) is 11.6 Å². The Kier molecular flexibility index (Phi) is 4.52. The van der Waals surface area contributed by atoms with Gasteiger partial charge in [-0.3, -0.25) is 9.36 Å². The van der Waals surface area contributed by atoms with Crippen molar-refractivity contribution in [1.29, 1.82) is 0 Å². The number of nitrogens with one attached hydrogen (secondary N) is 1. The van der Waals surface area contributed by atoms with E-state index in [4.69, 9.17) is 4.74 Å². The fraction of sp³-hybridized carbons (Fsp3) is 0.158. The van der Waals surface area contributed by atoms with Crippen LogP contribution in [0.3, 0.4) is 0 Å². The SMILES string of the molecule is C=C(C)CNc1ncnc2sc3c(=O)n(-c4ccc(OC)c(F)c4)cnc3c12. The molecule has 0 radical (unpaired) electrons. The van der Waals surface area contributed by atoms with Gasteiger partial charge in [-0.05, 0) is 19.1 Å². The number of anilines is 1. The van der Waals surface area contributed by atoms with E-state index in [9.17, 15) is 9.18 Å². The van der Waals surface area contributed by atoms with E-state index in [0.717, 1.165) is 5.57 Å². The molecule has 0 aliphatic carbocycles. The van der Waals surface area contributed by atoms with Crippen molar-refractivity contribution in [2.24, 2.45) is 0 Å². The second kappa shape index (κ2) is 7.01. The monoisotopic (exact) mass is 397 g/mol. The number of nitrogens with zero attached hydrogens (tertiary/aromatic N) is 4. The highest BCUT2D eigenvalue weighted by Gasteiger charge is 2.17. The number of aromatic nitrogens is 4. The molecule has 0 bridgehead atoms. The van der Waals surface area contributed by atoms with Gasteiger partial charge in [0.2, 0.25) is 0 Å². The van der Waals surface area contributed by atoms with Gasteiger partial charge in [0.1, 0.15) is 33.5 Å². The lowest BCUT2D eigenvalue weighted by atomic mass is 10.2. The van der Waals surface area contributed by atoms with Crippen LogP contribution in [0.15, 0.2) is 47.8 Å². The Morgan fingerprint density at radius 1 is 1.36 bits per heavy atom. The normalized spacial score (nSPS) is 11.1. The van der Waals surface area contributed by atoms with E-state index in [1.54, 1.807) is 6.07 Å². The molecule has 0 saturated carbocycles. The summed E-state index contributed by atoms with van der Waals surface area (Å²) in [6.45, 7) is 6.32. The van der Waals surface area contributed by atoms with E-state index >= 15 is 0 Å². The van der Waals surface area contributed by atoms with E-state index in [-0.39, 0.29) is 11.3 Å². The van der Waals surface area contributed by atoms with Gasteiger partial charge in [0.05, 0.1) is 18.2 Å². The van der Waals surface area contributed by atoms with Gasteiger partial charge in [-0.1, -0.05) is 12.2 Å². The summed E-state index contributed by atoms with van der Waals surface area (Å²) >= 11 is 1.23. The minimum absolute atomic E-state index is 0.108. The van der Waals surface area contributed by atoms with Crippen LogP contribution in [0.1, 0.15) is 6.92 Å². The molecular weight excluding hydrogens is 381 g/mol. The van der Waals surface area contributed by atoms with Crippen LogP contribution < -0.4 is 15.6 Å². The second-order valence-electron chi connectivity index (χ2n) is 6.23. The summed E-state index contributed by atoms with van der Waals surface area (Å²) in [4.78, 5) is 26.7. The zero-order valence-electron chi connectivity index (χ0n) is 15.2. The molecule has 3 aromatic heterocycles. The number of methoxy groups -OCH3 is 1. The average Bonchev–Trinajstić information content (AvgIpc) is 3.07. The zero-order valence-corrected chi connectivity index (χ0v) is 16.0. The van der Waals surface area contributed by atoms with Crippen molar-refractivity contribution in [2.45, 2.75) is 6.92 Å². The molecule has 142 valence electrons. The fourth-order valence-corrected chi connectivity index (χ4v) is 3.85. The average molecular weight is 397 g/mol. The van der Waals surface area contributed by atoms with E-state index < -0.39 is 5.82 Å². The number of ether oxygens (including phenoxy) is 1. The molecule has 0 aliphatic rings. The molecule has 28 heavy (non-hydrogen) atoms. The maximum absolute atomic E-state index is 14.1. The summed E-state index contributed by atoms with van der Waals surface area (Å²) in [6.07, 6.45) is 2.82. The number of benzene rings is 1. The summed E-state index contributed by atoms with van der Waals surface area (Å²) in [7, 11) is 1.38. The Balaban J connectivity index is 1.89. The van der Waals surface area contributed by atoms with Gasteiger partial charge >= 0.3 is 0 Å². The summed E-state index contributed by atoms with van der Waals surface area (Å²) in [5.41, 5.74) is 1.52. The van der Waals surface area contributed by atoms with Crippen LogP contribution >= 0.6 is 11.3 Å². The van der Waals surface area contributed by atoms with Gasteiger partial charge in [0, 0.05) is 12.6 Å². The number of fused-ring (bicyclic) bond motifs is 3. The molecule has 0 fully saturated rings. The van der Waals surface area contributed by atoms with Gasteiger partial charge in [-0.25, -0.2) is 19.3 Å². The third-order valence-corrected chi connectivity index (χ3v) is 5.22. The van der Waals surface area contributed by atoms with Crippen molar-refractivity contribution >= 4 is 37.6 Å². The van der Waals surface area contributed by atoms with Crippen LogP contribution in [-0.2, 0) is 0 Å².